The quantitative estimate of drug-likeness (QED) is 0.0189. The highest BCUT2D eigenvalue weighted by Gasteiger charge is 2.67. The first-order chi connectivity index (χ1) is 45.7. The highest BCUT2D eigenvalue weighted by atomic mass is 32.2. The van der Waals surface area contributed by atoms with Gasteiger partial charge in [-0.3, -0.25) is 24.1 Å². The van der Waals surface area contributed by atoms with Gasteiger partial charge in [-0.05, 0) is 178 Å². The lowest BCUT2D eigenvalue weighted by Crippen LogP contribution is -2.61. The van der Waals surface area contributed by atoms with E-state index in [4.69, 9.17) is 0 Å². The summed E-state index contributed by atoms with van der Waals surface area (Å²) in [6, 6.07) is 28.7. The van der Waals surface area contributed by atoms with Crippen molar-refractivity contribution in [2.75, 3.05) is 94.5 Å². The Labute approximate surface area is 579 Å². The number of aryl methyl sites for hydroxylation is 2. The van der Waals surface area contributed by atoms with Crippen molar-refractivity contribution < 1.29 is 32.7 Å². The molecule has 4 aromatic carbocycles. The maximum absolute atomic E-state index is 14.3. The number of likely N-dealkylation sites (tertiary alicyclic amines) is 1. The molecule has 3 saturated heterocycles. The maximum Gasteiger partial charge on any atom is 0.264 e. The standard InChI is InChI=1S/C76H104N10O7S3/c1-52-42-63(96(92,93)81-70(89)57-23-25-60(26-24-57)85-40-38-84(39-41-85)45-58-29-31-74(7,8)44-64(58)76-48-75(9,49-76)50-76)27-28-65(52)79-59(47-94-62-16-12-10-13-17-62)30-33-83-36-34-82(35-37-83)32-15-11-14-18-67(88)80-69(73(4,5)6)72(91)86-46-61(87)43-66(86)71(90)78-53(2)55-19-21-56(22-20-55)68-54(3)77-51-95-68/h10,12-13,16-17,19-28,42,51,53,59,61,66,69,79,87H,11,14-15,18,29-41,43-50H2,1-9H3,(H,78,90)(H,80,88)(H,81,89)/t53-,59+,61+,66-,69+,75?,76?/m0/s1. The number of unbranched alkanes of at least 4 members (excludes halogenated alkanes) is 2. The van der Waals surface area contributed by atoms with E-state index >= 15 is 0 Å². The monoisotopic (exact) mass is 1360 g/mol. The molecule has 96 heavy (non-hydrogen) atoms. The summed E-state index contributed by atoms with van der Waals surface area (Å²) >= 11 is 3.38. The number of aromatic nitrogens is 1. The molecule has 7 aliphatic rings. The minimum Gasteiger partial charge on any atom is -0.391 e. The second kappa shape index (κ2) is 30.1. The predicted molar refractivity (Wildman–Crippen MR) is 387 cm³/mol. The average molecular weight is 1370 g/mol. The Morgan fingerprint density at radius 1 is 0.802 bits per heavy atom. The number of aliphatic hydroxyl groups is 1. The van der Waals surface area contributed by atoms with Crippen molar-refractivity contribution in [3.05, 3.63) is 136 Å². The predicted octanol–water partition coefficient (Wildman–Crippen LogP) is 11.9. The van der Waals surface area contributed by atoms with Gasteiger partial charge in [-0.25, -0.2) is 18.1 Å². The van der Waals surface area contributed by atoms with E-state index in [2.05, 4.69) is 78.2 Å². The van der Waals surface area contributed by atoms with Crippen molar-refractivity contribution in [1.29, 1.82) is 0 Å². The van der Waals surface area contributed by atoms with Crippen LogP contribution in [-0.4, -0.2) is 170 Å². The van der Waals surface area contributed by atoms with E-state index < -0.39 is 39.5 Å². The Balaban J connectivity index is 0.600. The highest BCUT2D eigenvalue weighted by Crippen LogP contribution is 2.77. The van der Waals surface area contributed by atoms with Gasteiger partial charge in [0.15, 0.2) is 0 Å². The molecule has 5 N–H and O–H groups in total. The third-order valence-electron chi connectivity index (χ3n) is 21.4. The minimum absolute atomic E-state index is 0.0163. The Kier molecular flexibility index (Phi) is 22.3. The zero-order chi connectivity index (χ0) is 68.2. The number of thiazole rings is 1. The van der Waals surface area contributed by atoms with Crippen molar-refractivity contribution in [3.8, 4) is 10.4 Å². The summed E-state index contributed by atoms with van der Waals surface area (Å²) in [6.45, 7) is 29.4. The minimum atomic E-state index is -4.17. The van der Waals surface area contributed by atoms with Crippen LogP contribution >= 0.6 is 23.1 Å². The lowest BCUT2D eigenvalue weighted by molar-refractivity contribution is -0.167. The summed E-state index contributed by atoms with van der Waals surface area (Å²) in [5, 5.41) is 20.6. The summed E-state index contributed by atoms with van der Waals surface area (Å²) < 4.78 is 29.9. The molecule has 4 heterocycles. The molecule has 4 amide bonds. The number of carbonyl (C=O) groups excluding carboxylic acids is 4. The number of nitrogens with one attached hydrogen (secondary N) is 4. The summed E-state index contributed by atoms with van der Waals surface area (Å²) in [4.78, 5) is 73.3. The van der Waals surface area contributed by atoms with Crippen LogP contribution in [0.3, 0.4) is 0 Å². The zero-order valence-electron chi connectivity index (χ0n) is 58.2. The molecule has 3 saturated carbocycles. The van der Waals surface area contributed by atoms with Crippen molar-refractivity contribution >= 4 is 68.1 Å². The van der Waals surface area contributed by atoms with Gasteiger partial charge in [0, 0.05) is 118 Å². The van der Waals surface area contributed by atoms with Crippen LogP contribution in [0.25, 0.3) is 10.4 Å². The van der Waals surface area contributed by atoms with Gasteiger partial charge in [0.25, 0.3) is 15.9 Å². The van der Waals surface area contributed by atoms with Crippen molar-refractivity contribution in [3.63, 3.8) is 0 Å². The number of nitrogens with zero attached hydrogens (tertiary/aromatic N) is 6. The second-order valence-corrected chi connectivity index (χ2v) is 34.5. The Morgan fingerprint density at radius 2 is 1.48 bits per heavy atom. The first kappa shape index (κ1) is 71.2. The average Bonchev–Trinajstić information content (AvgIpc) is 0.863. The molecule has 0 unspecified atom stereocenters. The molecular weight excluding hydrogens is 1260 g/mol. The molecule has 6 fully saturated rings. The summed E-state index contributed by atoms with van der Waals surface area (Å²) in [7, 11) is -4.17. The molecule has 518 valence electrons. The Hall–Kier alpha value is -6.13. The third kappa shape index (κ3) is 17.5. The number of anilines is 2. The van der Waals surface area contributed by atoms with E-state index in [-0.39, 0.29) is 54.1 Å². The molecule has 0 radical (unpaired) electrons. The first-order valence-electron chi connectivity index (χ1n) is 35.2. The molecule has 17 nitrogen and oxygen atoms in total. The van der Waals surface area contributed by atoms with Gasteiger partial charge in [-0.2, -0.15) is 0 Å². The first-order valence-corrected chi connectivity index (χ1v) is 38.5. The van der Waals surface area contributed by atoms with Crippen molar-refractivity contribution in [2.45, 2.75) is 179 Å². The van der Waals surface area contributed by atoms with E-state index in [0.29, 0.717) is 28.2 Å². The third-order valence-corrected chi connectivity index (χ3v) is 24.9. The van der Waals surface area contributed by atoms with Crippen LogP contribution in [-0.2, 0) is 24.4 Å². The number of benzene rings is 4. The van der Waals surface area contributed by atoms with E-state index in [1.807, 2.05) is 113 Å². The number of aliphatic hydroxyl groups excluding tert-OH is 1. The van der Waals surface area contributed by atoms with Gasteiger partial charge in [-0.1, -0.05) is 102 Å². The number of hydrogen-bond acceptors (Lipinski definition) is 15. The van der Waals surface area contributed by atoms with Crippen LogP contribution in [0.1, 0.15) is 159 Å². The number of allylic oxidation sites excluding steroid dienone is 1. The SMILES string of the molecule is Cc1cc(S(=O)(=O)NC(=O)c2ccc(N3CCN(CC4=C(C56CC(C)(C5)C6)CC(C)(C)CC4)CC3)cc2)ccc1N[C@H](CCN1CCN(CCCCCC(=O)N[C@H](C(=O)N2C[C@H](O)C[C@H]2C(=O)N[C@@H](C)c2ccc(-c3scnc3C)cc2)C(C)(C)C)CC1)CSc1ccccc1. The summed E-state index contributed by atoms with van der Waals surface area (Å²) in [6.07, 6.45) is 10.8. The molecule has 20 heteroatoms. The largest absolute Gasteiger partial charge is 0.391 e. The van der Waals surface area contributed by atoms with Gasteiger partial charge < -0.3 is 40.7 Å². The van der Waals surface area contributed by atoms with Crippen LogP contribution in [0.4, 0.5) is 11.4 Å². The van der Waals surface area contributed by atoms with Crippen LogP contribution in [0.15, 0.2) is 124 Å². The molecular formula is C76H104N10O7S3. The fourth-order valence-electron chi connectivity index (χ4n) is 15.9. The lowest BCUT2D eigenvalue weighted by atomic mass is 9.33. The van der Waals surface area contributed by atoms with Crippen LogP contribution < -0.4 is 25.6 Å². The van der Waals surface area contributed by atoms with E-state index in [1.165, 1.54) is 48.3 Å². The van der Waals surface area contributed by atoms with Crippen LogP contribution in [0.2, 0.25) is 0 Å². The van der Waals surface area contributed by atoms with E-state index in [1.54, 1.807) is 52.9 Å². The Bertz CT molecular complexity index is 3670. The summed E-state index contributed by atoms with van der Waals surface area (Å²) in [5.41, 5.74) is 12.1. The molecule has 5 atom stereocenters. The highest BCUT2D eigenvalue weighted by molar-refractivity contribution is 7.99. The lowest BCUT2D eigenvalue weighted by Gasteiger charge is -2.72. The number of β-amino-alcohol motifs (C(OH)–C–C–N with tert-alkyl or cyclic N) is 1. The summed E-state index contributed by atoms with van der Waals surface area (Å²) in [5.74, 6) is -0.758. The number of carbonyl (C=O) groups is 4. The van der Waals surface area contributed by atoms with Gasteiger partial charge in [-0.15, -0.1) is 23.1 Å². The molecule has 12 rings (SSSR count). The Morgan fingerprint density at radius 3 is 2.12 bits per heavy atom. The zero-order valence-corrected chi connectivity index (χ0v) is 60.6. The number of thioether (sulfide) groups is 1. The van der Waals surface area contributed by atoms with Gasteiger partial charge in [0.05, 0.1) is 33.1 Å². The van der Waals surface area contributed by atoms with Crippen molar-refractivity contribution in [1.82, 2.24) is 39.9 Å². The van der Waals surface area contributed by atoms with Gasteiger partial charge in [0.1, 0.15) is 12.1 Å². The molecule has 5 aromatic rings. The number of hydrogen-bond donors (Lipinski definition) is 5. The molecule has 2 bridgehead atoms. The normalized spacial score (nSPS) is 23.4. The smallest absolute Gasteiger partial charge is 0.264 e. The van der Waals surface area contributed by atoms with Crippen molar-refractivity contribution in [2.24, 2.45) is 21.7 Å². The second-order valence-electron chi connectivity index (χ2n) is 30.9. The number of sulfonamides is 1. The number of amides is 4. The van der Waals surface area contributed by atoms with Crippen LogP contribution in [0, 0.1) is 35.5 Å². The van der Waals surface area contributed by atoms with Crippen LogP contribution in [0.5, 0.6) is 0 Å². The topological polar surface area (TPSA) is 200 Å². The molecule has 0 spiro atoms. The molecule has 4 aliphatic carbocycles. The molecule has 3 aliphatic heterocycles. The molecule has 1 aromatic heterocycles. The fourth-order valence-corrected chi connectivity index (χ4v) is 18.8. The number of piperazine rings is 2. The van der Waals surface area contributed by atoms with Gasteiger partial charge in [0.2, 0.25) is 17.7 Å². The fraction of sp³-hybridized carbons (Fsp3) is 0.566. The maximum atomic E-state index is 14.3. The van der Waals surface area contributed by atoms with E-state index in [0.717, 1.165) is 136 Å². The van der Waals surface area contributed by atoms with E-state index in [9.17, 15) is 32.7 Å². The van der Waals surface area contributed by atoms with Gasteiger partial charge >= 0.3 is 0 Å². The number of rotatable bonds is 27.